The molecule has 18 heavy (non-hydrogen) atoms. The molecule has 1 amide bonds. The number of nitrogens with zero attached hydrogens (tertiary/aromatic N) is 2. The molecule has 0 aliphatic carbocycles. The normalized spacial score (nSPS) is 18.7. The van der Waals surface area contributed by atoms with Crippen LogP contribution in [0.2, 0.25) is 0 Å². The van der Waals surface area contributed by atoms with Crippen LogP contribution < -0.4 is 0 Å². The second-order valence-corrected chi connectivity index (χ2v) is 5.46. The van der Waals surface area contributed by atoms with Crippen LogP contribution in [0.4, 0.5) is 0 Å². The second kappa shape index (κ2) is 4.57. The molecule has 1 aliphatic rings. The van der Waals surface area contributed by atoms with Gasteiger partial charge in [0.2, 0.25) is 0 Å². The van der Waals surface area contributed by atoms with Crippen LogP contribution in [0.3, 0.4) is 0 Å². The van der Waals surface area contributed by atoms with Crippen LogP contribution in [-0.2, 0) is 6.42 Å². The maximum Gasteiger partial charge on any atom is 0.257 e. The van der Waals surface area contributed by atoms with Crippen molar-refractivity contribution in [3.8, 4) is 0 Å². The predicted octanol–water partition coefficient (Wildman–Crippen LogP) is 2.62. The molecule has 0 aromatic carbocycles. The third-order valence-corrected chi connectivity index (χ3v) is 4.48. The summed E-state index contributed by atoms with van der Waals surface area (Å²) in [5.41, 5.74) is 1.97. The van der Waals surface area contributed by atoms with Crippen LogP contribution in [0.1, 0.15) is 40.2 Å². The summed E-state index contributed by atoms with van der Waals surface area (Å²) in [7, 11) is 0. The van der Waals surface area contributed by atoms with Gasteiger partial charge < -0.3 is 4.90 Å². The predicted molar refractivity (Wildman–Crippen MR) is 70.7 cm³/mol. The van der Waals surface area contributed by atoms with Gasteiger partial charge in [-0.2, -0.15) is 5.10 Å². The van der Waals surface area contributed by atoms with E-state index in [1.165, 1.54) is 10.4 Å². The Morgan fingerprint density at radius 2 is 2.56 bits per heavy atom. The Morgan fingerprint density at radius 1 is 1.67 bits per heavy atom. The van der Waals surface area contributed by atoms with Crippen LogP contribution in [0.5, 0.6) is 0 Å². The Balaban J connectivity index is 1.92. The van der Waals surface area contributed by atoms with Gasteiger partial charge >= 0.3 is 0 Å². The molecule has 1 aliphatic heterocycles. The van der Waals surface area contributed by atoms with Crippen molar-refractivity contribution in [2.24, 2.45) is 0 Å². The largest absolute Gasteiger partial charge is 0.331 e. The van der Waals surface area contributed by atoms with Crippen molar-refractivity contribution in [1.82, 2.24) is 15.1 Å². The minimum atomic E-state index is 0.0763. The number of carbonyl (C=O) groups is 1. The first-order chi connectivity index (χ1) is 8.81. The molecule has 0 saturated heterocycles. The van der Waals surface area contributed by atoms with E-state index in [9.17, 15) is 4.79 Å². The lowest BCUT2D eigenvalue weighted by Gasteiger charge is -2.35. The number of amides is 1. The summed E-state index contributed by atoms with van der Waals surface area (Å²) in [6.45, 7) is 2.93. The van der Waals surface area contributed by atoms with E-state index < -0.39 is 0 Å². The van der Waals surface area contributed by atoms with Crippen molar-refractivity contribution < 1.29 is 4.79 Å². The van der Waals surface area contributed by atoms with Crippen molar-refractivity contribution in [1.29, 1.82) is 0 Å². The SMILES string of the molecule is CCC1c2ccsc2CCN1C(=O)c1cn[nH]c1. The first-order valence-electron chi connectivity index (χ1n) is 6.17. The second-order valence-electron chi connectivity index (χ2n) is 4.46. The highest BCUT2D eigenvalue weighted by molar-refractivity contribution is 7.10. The molecule has 3 heterocycles. The zero-order valence-corrected chi connectivity index (χ0v) is 11.0. The summed E-state index contributed by atoms with van der Waals surface area (Å²) in [6.07, 6.45) is 5.18. The Kier molecular flexibility index (Phi) is 2.91. The molecule has 5 heteroatoms. The van der Waals surface area contributed by atoms with Crippen molar-refractivity contribution in [2.45, 2.75) is 25.8 Å². The van der Waals surface area contributed by atoms with E-state index in [1.807, 2.05) is 4.90 Å². The third kappa shape index (κ3) is 1.75. The minimum Gasteiger partial charge on any atom is -0.331 e. The zero-order chi connectivity index (χ0) is 12.5. The lowest BCUT2D eigenvalue weighted by atomic mass is 9.97. The Hall–Kier alpha value is -1.62. The van der Waals surface area contributed by atoms with E-state index in [4.69, 9.17) is 0 Å². The summed E-state index contributed by atoms with van der Waals surface area (Å²) in [4.78, 5) is 15.8. The number of aromatic nitrogens is 2. The molecule has 0 radical (unpaired) electrons. The highest BCUT2D eigenvalue weighted by Gasteiger charge is 2.31. The van der Waals surface area contributed by atoms with E-state index in [0.717, 1.165) is 19.4 Å². The van der Waals surface area contributed by atoms with Crippen LogP contribution in [0, 0.1) is 0 Å². The number of hydrogen-bond acceptors (Lipinski definition) is 3. The van der Waals surface area contributed by atoms with Crippen molar-refractivity contribution >= 4 is 17.2 Å². The fraction of sp³-hybridized carbons (Fsp3) is 0.385. The molecule has 2 aromatic rings. The fourth-order valence-corrected chi connectivity index (χ4v) is 3.54. The Bertz CT molecular complexity index is 546. The van der Waals surface area contributed by atoms with Crippen LogP contribution in [0.15, 0.2) is 23.8 Å². The van der Waals surface area contributed by atoms with Gasteiger partial charge in [0.15, 0.2) is 0 Å². The van der Waals surface area contributed by atoms with E-state index in [0.29, 0.717) is 5.56 Å². The first-order valence-corrected chi connectivity index (χ1v) is 7.05. The van der Waals surface area contributed by atoms with E-state index in [-0.39, 0.29) is 11.9 Å². The van der Waals surface area contributed by atoms with Gasteiger partial charge in [-0.3, -0.25) is 9.89 Å². The van der Waals surface area contributed by atoms with Gasteiger partial charge in [-0.15, -0.1) is 11.3 Å². The first kappa shape index (κ1) is 11.5. The van der Waals surface area contributed by atoms with Gasteiger partial charge in [-0.1, -0.05) is 6.92 Å². The monoisotopic (exact) mass is 261 g/mol. The number of hydrogen-bond donors (Lipinski definition) is 1. The lowest BCUT2D eigenvalue weighted by Crippen LogP contribution is -2.39. The molecule has 3 rings (SSSR count). The van der Waals surface area contributed by atoms with Crippen LogP contribution in [0.25, 0.3) is 0 Å². The van der Waals surface area contributed by atoms with Crippen molar-refractivity contribution in [3.63, 3.8) is 0 Å². The number of thiophene rings is 1. The van der Waals surface area contributed by atoms with Gasteiger partial charge in [0.25, 0.3) is 5.91 Å². The van der Waals surface area contributed by atoms with Crippen molar-refractivity contribution in [2.75, 3.05) is 6.54 Å². The molecule has 4 nitrogen and oxygen atoms in total. The maximum atomic E-state index is 12.4. The number of carbonyl (C=O) groups excluding carboxylic acids is 1. The summed E-state index contributed by atoms with van der Waals surface area (Å²) in [5, 5.41) is 8.68. The number of H-pyrrole nitrogens is 1. The number of aromatic amines is 1. The molecule has 2 aromatic heterocycles. The average Bonchev–Trinajstić information content (AvgIpc) is 3.06. The highest BCUT2D eigenvalue weighted by atomic mass is 32.1. The summed E-state index contributed by atoms with van der Waals surface area (Å²) < 4.78 is 0. The molecule has 0 fully saturated rings. The van der Waals surface area contributed by atoms with E-state index in [1.54, 1.807) is 23.7 Å². The molecule has 1 N–H and O–H groups in total. The van der Waals surface area contributed by atoms with Gasteiger partial charge in [0.1, 0.15) is 0 Å². The van der Waals surface area contributed by atoms with Gasteiger partial charge in [0.05, 0.1) is 17.8 Å². The standard InChI is InChI=1S/C13H15N3OS/c1-2-11-10-4-6-18-12(10)3-5-16(11)13(17)9-7-14-15-8-9/h4,6-8,11H,2-3,5H2,1H3,(H,14,15). The molecule has 1 atom stereocenters. The molecule has 0 bridgehead atoms. The van der Waals surface area contributed by atoms with Gasteiger partial charge in [-0.25, -0.2) is 0 Å². The third-order valence-electron chi connectivity index (χ3n) is 3.49. The average molecular weight is 261 g/mol. The van der Waals surface area contributed by atoms with Gasteiger partial charge in [0, 0.05) is 17.6 Å². The number of rotatable bonds is 2. The number of fused-ring (bicyclic) bond motifs is 1. The smallest absolute Gasteiger partial charge is 0.257 e. The zero-order valence-electron chi connectivity index (χ0n) is 10.2. The molecular formula is C13H15N3OS. The van der Waals surface area contributed by atoms with E-state index >= 15 is 0 Å². The number of nitrogens with one attached hydrogen (secondary N) is 1. The fourth-order valence-electron chi connectivity index (χ4n) is 2.61. The summed E-state index contributed by atoms with van der Waals surface area (Å²) in [5.74, 6) is 0.0763. The van der Waals surface area contributed by atoms with Crippen LogP contribution in [-0.4, -0.2) is 27.5 Å². The van der Waals surface area contributed by atoms with E-state index in [2.05, 4.69) is 28.6 Å². The lowest BCUT2D eigenvalue weighted by molar-refractivity contribution is 0.0657. The maximum absolute atomic E-state index is 12.4. The summed E-state index contributed by atoms with van der Waals surface area (Å²) >= 11 is 1.80. The quantitative estimate of drug-likeness (QED) is 0.903. The molecule has 94 valence electrons. The topological polar surface area (TPSA) is 49.0 Å². The molecule has 0 spiro atoms. The van der Waals surface area contributed by atoms with Crippen LogP contribution >= 0.6 is 11.3 Å². The highest BCUT2D eigenvalue weighted by Crippen LogP contribution is 2.35. The molecular weight excluding hydrogens is 246 g/mol. The Morgan fingerprint density at radius 3 is 3.28 bits per heavy atom. The molecule has 0 saturated carbocycles. The minimum absolute atomic E-state index is 0.0763. The molecule has 1 unspecified atom stereocenters. The Labute approximate surface area is 110 Å². The van der Waals surface area contributed by atoms with Gasteiger partial charge in [-0.05, 0) is 29.9 Å². The summed E-state index contributed by atoms with van der Waals surface area (Å²) in [6, 6.07) is 2.37. The van der Waals surface area contributed by atoms with Crippen molar-refractivity contribution in [3.05, 3.63) is 39.8 Å².